The van der Waals surface area contributed by atoms with E-state index in [1.165, 1.54) is 43.9 Å². The molecule has 1 aliphatic heterocycles. The van der Waals surface area contributed by atoms with Gasteiger partial charge in [0.05, 0.1) is 42.8 Å². The fraction of sp³-hybridized carbons (Fsp3) is 0.407. The van der Waals surface area contributed by atoms with Crippen LogP contribution in [0, 0.1) is 5.82 Å². The molecule has 0 bridgehead atoms. The molecule has 0 spiro atoms. The van der Waals surface area contributed by atoms with Crippen molar-refractivity contribution >= 4 is 29.0 Å². The van der Waals surface area contributed by atoms with Gasteiger partial charge in [0.25, 0.3) is 5.91 Å². The van der Waals surface area contributed by atoms with Crippen LogP contribution >= 0.6 is 11.6 Å². The summed E-state index contributed by atoms with van der Waals surface area (Å²) in [4.78, 5) is 25.6. The van der Waals surface area contributed by atoms with Gasteiger partial charge in [-0.1, -0.05) is 11.6 Å². The smallest absolute Gasteiger partial charge is 0.255 e. The van der Waals surface area contributed by atoms with Crippen LogP contribution in [0.2, 0.25) is 5.02 Å². The third-order valence-electron chi connectivity index (χ3n) is 6.65. The van der Waals surface area contributed by atoms with Gasteiger partial charge in [0.15, 0.2) is 17.4 Å². The average Bonchev–Trinajstić information content (AvgIpc) is 3.00. The molecule has 5 atom stereocenters. The fourth-order valence-electron chi connectivity index (χ4n) is 4.37. The second kappa shape index (κ2) is 14.6. The molecule has 226 valence electrons. The third kappa shape index (κ3) is 7.46. The molecule has 1 unspecified atom stereocenters. The Bertz CT molecular complexity index is 1370. The van der Waals surface area contributed by atoms with E-state index >= 15 is 0 Å². The number of carbonyl (C=O) groups excluding carboxylic acids is 1. The van der Waals surface area contributed by atoms with Crippen LogP contribution in [0.4, 0.5) is 15.9 Å². The highest BCUT2D eigenvalue weighted by molar-refractivity contribution is 6.30. The molecule has 4 rings (SSSR count). The summed E-state index contributed by atoms with van der Waals surface area (Å²) in [5.41, 5.74) is 0.683. The Balaban J connectivity index is 1.34. The number of hydrogen-bond acceptors (Lipinski definition) is 12. The number of nitrogens with one attached hydrogen (secondary N) is 3. The number of pyridine rings is 1. The molecule has 2 aromatic heterocycles. The zero-order valence-corrected chi connectivity index (χ0v) is 23.3. The number of methoxy groups -OCH3 is 1. The number of aliphatic hydroxyl groups is 4. The quantitative estimate of drug-likeness (QED) is 0.143. The Kier molecular flexibility index (Phi) is 10.9. The molecule has 0 radical (unpaired) electrons. The molecule has 42 heavy (non-hydrogen) atoms. The molecule has 15 heteroatoms. The minimum absolute atomic E-state index is 0.0631. The van der Waals surface area contributed by atoms with Crippen molar-refractivity contribution in [1.29, 1.82) is 0 Å². The summed E-state index contributed by atoms with van der Waals surface area (Å²) >= 11 is 6.02. The largest absolute Gasteiger partial charge is 0.491 e. The Labute approximate surface area is 245 Å². The van der Waals surface area contributed by atoms with E-state index in [1.807, 2.05) is 0 Å². The average molecular weight is 607 g/mol. The maximum Gasteiger partial charge on any atom is 0.255 e. The Hall–Kier alpha value is -3.50. The number of carbonyl (C=O) groups is 1. The van der Waals surface area contributed by atoms with Crippen LogP contribution < -0.4 is 20.7 Å². The minimum atomic E-state index is -1.42. The number of ether oxygens (including phenoxy) is 2. The number of hydrogen-bond donors (Lipinski definition) is 7. The van der Waals surface area contributed by atoms with Crippen LogP contribution in [0.15, 0.2) is 42.9 Å². The van der Waals surface area contributed by atoms with E-state index in [-0.39, 0.29) is 35.1 Å². The van der Waals surface area contributed by atoms with Crippen molar-refractivity contribution in [2.75, 3.05) is 38.7 Å². The highest BCUT2D eigenvalue weighted by Crippen LogP contribution is 2.30. The van der Waals surface area contributed by atoms with E-state index in [2.05, 4.69) is 30.9 Å². The molecule has 1 aliphatic rings. The van der Waals surface area contributed by atoms with E-state index in [0.717, 1.165) is 0 Å². The monoisotopic (exact) mass is 606 g/mol. The highest BCUT2D eigenvalue weighted by atomic mass is 35.5. The van der Waals surface area contributed by atoms with Crippen molar-refractivity contribution in [2.24, 2.45) is 0 Å². The fourth-order valence-corrected chi connectivity index (χ4v) is 4.54. The number of nitrogens with zero attached hydrogens (tertiary/aromatic N) is 3. The molecule has 1 aromatic carbocycles. The van der Waals surface area contributed by atoms with Crippen LogP contribution in [0.3, 0.4) is 0 Å². The lowest BCUT2D eigenvalue weighted by Crippen LogP contribution is -2.58. The second-order valence-corrected chi connectivity index (χ2v) is 9.88. The third-order valence-corrected chi connectivity index (χ3v) is 6.88. The van der Waals surface area contributed by atoms with Gasteiger partial charge in [-0.3, -0.25) is 9.78 Å². The maximum absolute atomic E-state index is 14.4. The van der Waals surface area contributed by atoms with Crippen molar-refractivity contribution in [2.45, 2.75) is 36.9 Å². The highest BCUT2D eigenvalue weighted by Gasteiger charge is 2.42. The SMILES string of the molecule is COc1cnc(-c2cc(Cl)ccc2F)nc1Nc1ccncc1C(=O)NCCNCCC1O[C@H](CO)[C@@H](O)[C@H](O)[C@H]1O. The number of aliphatic hydroxyl groups excluding tert-OH is 4. The predicted molar refractivity (Wildman–Crippen MR) is 150 cm³/mol. The normalized spacial score (nSPS) is 22.0. The van der Waals surface area contributed by atoms with Gasteiger partial charge in [-0.25, -0.2) is 14.4 Å². The molecule has 3 heterocycles. The first-order valence-corrected chi connectivity index (χ1v) is 13.5. The first-order chi connectivity index (χ1) is 20.2. The molecule has 7 N–H and O–H groups in total. The van der Waals surface area contributed by atoms with Gasteiger partial charge in [0.2, 0.25) is 0 Å². The summed E-state index contributed by atoms with van der Waals surface area (Å²) < 4.78 is 25.3. The summed E-state index contributed by atoms with van der Waals surface area (Å²) in [6.07, 6.45) is -1.30. The standard InChI is InChI=1S/C27H32ClFN6O7/c1-41-20-12-33-25(15-10-14(28)2-3-17(15)29)35-26(20)34-18-4-6-31-11-16(18)27(40)32-9-8-30-7-5-19-22(37)24(39)23(38)21(13-36)42-19/h2-4,6,10-12,19,21-24,30,36-39H,5,7-9,13H2,1H3,(H,32,40)(H,31,33,34,35)/t19?,21-,22+,23-,24-/m1/s1. The van der Waals surface area contributed by atoms with Gasteiger partial charge in [-0.15, -0.1) is 0 Å². The molecule has 1 fully saturated rings. The van der Waals surface area contributed by atoms with Crippen molar-refractivity contribution in [3.63, 3.8) is 0 Å². The molecule has 13 nitrogen and oxygen atoms in total. The van der Waals surface area contributed by atoms with Crippen LogP contribution in [-0.4, -0.2) is 105 Å². The van der Waals surface area contributed by atoms with Gasteiger partial charge in [-0.05, 0) is 37.2 Å². The summed E-state index contributed by atoms with van der Waals surface area (Å²) in [7, 11) is 1.42. The summed E-state index contributed by atoms with van der Waals surface area (Å²) in [5.74, 6) is -0.463. The zero-order chi connectivity index (χ0) is 30.2. The molecular weight excluding hydrogens is 575 g/mol. The van der Waals surface area contributed by atoms with Crippen molar-refractivity contribution in [1.82, 2.24) is 25.6 Å². The maximum atomic E-state index is 14.4. The Morgan fingerprint density at radius 3 is 2.64 bits per heavy atom. The first kappa shape index (κ1) is 31.4. The summed E-state index contributed by atoms with van der Waals surface area (Å²) in [5, 5.41) is 48.5. The van der Waals surface area contributed by atoms with Crippen LogP contribution in [0.5, 0.6) is 5.75 Å². The second-order valence-electron chi connectivity index (χ2n) is 9.44. The van der Waals surface area contributed by atoms with E-state index in [1.54, 1.807) is 6.07 Å². The molecule has 1 saturated heterocycles. The Morgan fingerprint density at radius 1 is 1.10 bits per heavy atom. The molecular formula is C27H32ClFN6O7. The lowest BCUT2D eigenvalue weighted by Gasteiger charge is -2.40. The predicted octanol–water partition coefficient (Wildman–Crippen LogP) is 0.635. The molecule has 1 amide bonds. The van der Waals surface area contributed by atoms with E-state index in [4.69, 9.17) is 21.1 Å². The Morgan fingerprint density at radius 2 is 1.88 bits per heavy atom. The molecule has 0 saturated carbocycles. The summed E-state index contributed by atoms with van der Waals surface area (Å²) in [6, 6.07) is 5.62. The number of anilines is 2. The van der Waals surface area contributed by atoms with Crippen LogP contribution in [-0.2, 0) is 4.74 Å². The lowest BCUT2D eigenvalue weighted by molar-refractivity contribution is -0.229. The van der Waals surface area contributed by atoms with Gasteiger partial charge in [0, 0.05) is 30.5 Å². The minimum Gasteiger partial charge on any atom is -0.491 e. The molecule has 0 aliphatic carbocycles. The number of rotatable bonds is 12. The van der Waals surface area contributed by atoms with Gasteiger partial charge >= 0.3 is 0 Å². The number of halogens is 2. The van der Waals surface area contributed by atoms with Crippen LogP contribution in [0.25, 0.3) is 11.4 Å². The van der Waals surface area contributed by atoms with Crippen molar-refractivity contribution < 1.29 is 39.1 Å². The number of aromatic nitrogens is 3. The molecule has 3 aromatic rings. The number of benzene rings is 1. The van der Waals surface area contributed by atoms with Crippen molar-refractivity contribution in [3.05, 3.63) is 59.3 Å². The van der Waals surface area contributed by atoms with E-state index < -0.39 is 48.9 Å². The summed E-state index contributed by atoms with van der Waals surface area (Å²) in [6.45, 7) is 0.510. The number of amides is 1. The van der Waals surface area contributed by atoms with E-state index in [9.17, 15) is 29.6 Å². The van der Waals surface area contributed by atoms with Crippen molar-refractivity contribution in [3.8, 4) is 17.1 Å². The topological polar surface area (TPSA) is 191 Å². The van der Waals surface area contributed by atoms with E-state index in [0.29, 0.717) is 30.2 Å². The first-order valence-electron chi connectivity index (χ1n) is 13.1. The van der Waals surface area contributed by atoms with Gasteiger partial charge in [0.1, 0.15) is 30.2 Å². The van der Waals surface area contributed by atoms with Gasteiger partial charge < -0.3 is 45.9 Å². The van der Waals surface area contributed by atoms with Gasteiger partial charge in [-0.2, -0.15) is 0 Å². The lowest BCUT2D eigenvalue weighted by atomic mass is 9.93. The zero-order valence-electron chi connectivity index (χ0n) is 22.6. The van der Waals surface area contributed by atoms with Crippen LogP contribution in [0.1, 0.15) is 16.8 Å².